The molecule has 1 atom stereocenters. The highest BCUT2D eigenvalue weighted by Crippen LogP contribution is 2.33. The number of ether oxygens (including phenoxy) is 2. The summed E-state index contributed by atoms with van der Waals surface area (Å²) in [5.41, 5.74) is 2.83. The maximum Gasteiger partial charge on any atom is 0.248 e. The van der Waals surface area contributed by atoms with Crippen molar-refractivity contribution >= 4 is 22.8 Å². The summed E-state index contributed by atoms with van der Waals surface area (Å²) >= 11 is 0. The highest BCUT2D eigenvalue weighted by molar-refractivity contribution is 5.91. The first-order valence-corrected chi connectivity index (χ1v) is 11.6. The van der Waals surface area contributed by atoms with Gasteiger partial charge < -0.3 is 24.3 Å². The van der Waals surface area contributed by atoms with Gasteiger partial charge in [-0.05, 0) is 31.9 Å². The van der Waals surface area contributed by atoms with Crippen LogP contribution in [0.1, 0.15) is 31.4 Å². The van der Waals surface area contributed by atoms with E-state index in [9.17, 15) is 4.79 Å². The van der Waals surface area contributed by atoms with Gasteiger partial charge in [0, 0.05) is 67.8 Å². The topological polar surface area (TPSA) is 96.5 Å². The molecule has 5 heterocycles. The normalized spacial score (nSPS) is 19.9. The zero-order chi connectivity index (χ0) is 22.8. The van der Waals surface area contributed by atoms with Crippen molar-refractivity contribution in [2.45, 2.75) is 31.7 Å². The minimum Gasteiger partial charge on any atom is -0.377 e. The summed E-state index contributed by atoms with van der Waals surface area (Å²) in [5.74, 6) is 1.97. The Hall–Kier alpha value is -3.04. The monoisotopic (exact) mass is 450 g/mol. The standard InChI is InChI=1S/C24H30N6O3/c1-16-14-33-12-11-30(16)21-13-20(17-5-9-29(10-6-17)22(31)15-32-2)27-24(28-21)19-4-8-26-23-18(19)3-7-25-23/h3-4,7-8,13,16-17H,5-6,9-12,14-15H2,1-2H3,(H,25,26)/t16-/m1/s1. The number of hydrogen-bond acceptors (Lipinski definition) is 7. The molecule has 5 rings (SSSR count). The van der Waals surface area contributed by atoms with E-state index in [2.05, 4.69) is 27.9 Å². The molecular weight excluding hydrogens is 420 g/mol. The number of methoxy groups -OCH3 is 1. The number of amides is 1. The third kappa shape index (κ3) is 4.43. The first kappa shape index (κ1) is 21.8. The fraction of sp³-hybridized carbons (Fsp3) is 0.500. The molecule has 0 radical (unpaired) electrons. The van der Waals surface area contributed by atoms with E-state index in [-0.39, 0.29) is 24.5 Å². The predicted octanol–water partition coefficient (Wildman–Crippen LogP) is 2.60. The smallest absolute Gasteiger partial charge is 0.248 e. The number of rotatable bonds is 5. The lowest BCUT2D eigenvalue weighted by molar-refractivity contribution is -0.136. The van der Waals surface area contributed by atoms with E-state index < -0.39 is 0 Å². The number of nitrogens with zero attached hydrogens (tertiary/aromatic N) is 5. The fourth-order valence-corrected chi connectivity index (χ4v) is 4.79. The second-order valence-electron chi connectivity index (χ2n) is 8.78. The average Bonchev–Trinajstić information content (AvgIpc) is 3.33. The zero-order valence-corrected chi connectivity index (χ0v) is 19.2. The van der Waals surface area contributed by atoms with Gasteiger partial charge in [-0.3, -0.25) is 4.79 Å². The van der Waals surface area contributed by atoms with E-state index in [0.717, 1.165) is 47.5 Å². The summed E-state index contributed by atoms with van der Waals surface area (Å²) in [6, 6.07) is 6.38. The molecule has 1 N–H and O–H groups in total. The number of carbonyl (C=O) groups excluding carboxylic acids is 1. The van der Waals surface area contributed by atoms with Crippen LogP contribution >= 0.6 is 0 Å². The second-order valence-corrected chi connectivity index (χ2v) is 8.78. The number of aromatic amines is 1. The summed E-state index contributed by atoms with van der Waals surface area (Å²) in [5, 5.41) is 1.01. The molecule has 2 aliphatic rings. The van der Waals surface area contributed by atoms with Crippen molar-refractivity contribution in [1.82, 2.24) is 24.8 Å². The number of likely N-dealkylation sites (tertiary alicyclic amines) is 1. The minimum atomic E-state index is 0.0498. The molecule has 33 heavy (non-hydrogen) atoms. The van der Waals surface area contributed by atoms with Crippen molar-refractivity contribution in [2.75, 3.05) is 51.5 Å². The number of anilines is 1. The largest absolute Gasteiger partial charge is 0.377 e. The Bertz CT molecular complexity index is 1120. The third-order valence-corrected chi connectivity index (χ3v) is 6.63. The number of H-pyrrole nitrogens is 1. The van der Waals surface area contributed by atoms with E-state index in [1.807, 2.05) is 23.2 Å². The molecule has 3 aromatic heterocycles. The van der Waals surface area contributed by atoms with Crippen LogP contribution in [-0.4, -0.2) is 83.3 Å². The maximum absolute atomic E-state index is 12.2. The summed E-state index contributed by atoms with van der Waals surface area (Å²) in [6.45, 7) is 5.91. The summed E-state index contributed by atoms with van der Waals surface area (Å²) in [6.07, 6.45) is 5.43. The van der Waals surface area contributed by atoms with Crippen molar-refractivity contribution in [3.63, 3.8) is 0 Å². The van der Waals surface area contributed by atoms with Crippen molar-refractivity contribution in [1.29, 1.82) is 0 Å². The lowest BCUT2D eigenvalue weighted by atomic mass is 9.93. The lowest BCUT2D eigenvalue weighted by Crippen LogP contribution is -2.44. The molecule has 9 nitrogen and oxygen atoms in total. The summed E-state index contributed by atoms with van der Waals surface area (Å²) in [7, 11) is 1.56. The predicted molar refractivity (Wildman–Crippen MR) is 125 cm³/mol. The van der Waals surface area contributed by atoms with Gasteiger partial charge in [-0.2, -0.15) is 0 Å². The molecule has 0 aromatic carbocycles. The van der Waals surface area contributed by atoms with Gasteiger partial charge in [-0.1, -0.05) is 0 Å². The van der Waals surface area contributed by atoms with Crippen LogP contribution in [-0.2, 0) is 14.3 Å². The quantitative estimate of drug-likeness (QED) is 0.638. The van der Waals surface area contributed by atoms with Gasteiger partial charge >= 0.3 is 0 Å². The van der Waals surface area contributed by atoms with Crippen molar-refractivity contribution in [2.24, 2.45) is 0 Å². The van der Waals surface area contributed by atoms with Gasteiger partial charge in [0.25, 0.3) is 0 Å². The highest BCUT2D eigenvalue weighted by atomic mass is 16.5. The Balaban J connectivity index is 1.50. The Morgan fingerprint density at radius 2 is 2.09 bits per heavy atom. The number of aromatic nitrogens is 4. The summed E-state index contributed by atoms with van der Waals surface area (Å²) in [4.78, 5) is 34.1. The van der Waals surface area contributed by atoms with Crippen LogP contribution < -0.4 is 4.90 Å². The number of carbonyl (C=O) groups is 1. The molecule has 3 aromatic rings. The average molecular weight is 451 g/mol. The zero-order valence-electron chi connectivity index (χ0n) is 19.2. The van der Waals surface area contributed by atoms with Crippen LogP contribution in [0.3, 0.4) is 0 Å². The van der Waals surface area contributed by atoms with E-state index in [1.165, 1.54) is 0 Å². The Kier molecular flexibility index (Phi) is 6.24. The van der Waals surface area contributed by atoms with Gasteiger partial charge in [-0.25, -0.2) is 15.0 Å². The van der Waals surface area contributed by atoms with E-state index in [1.54, 1.807) is 13.3 Å². The Morgan fingerprint density at radius 3 is 2.88 bits per heavy atom. The Morgan fingerprint density at radius 1 is 1.24 bits per heavy atom. The van der Waals surface area contributed by atoms with Crippen LogP contribution in [0.4, 0.5) is 5.82 Å². The minimum absolute atomic E-state index is 0.0498. The number of pyridine rings is 1. The van der Waals surface area contributed by atoms with Crippen LogP contribution in [0.2, 0.25) is 0 Å². The van der Waals surface area contributed by atoms with E-state index in [0.29, 0.717) is 32.1 Å². The first-order chi connectivity index (χ1) is 16.1. The van der Waals surface area contributed by atoms with Crippen molar-refractivity contribution in [3.05, 3.63) is 36.3 Å². The molecule has 0 bridgehead atoms. The molecule has 2 aliphatic heterocycles. The van der Waals surface area contributed by atoms with Gasteiger partial charge in [0.1, 0.15) is 18.1 Å². The molecule has 0 aliphatic carbocycles. The highest BCUT2D eigenvalue weighted by Gasteiger charge is 2.28. The van der Waals surface area contributed by atoms with Gasteiger partial charge in [0.15, 0.2) is 5.82 Å². The number of hydrogen-bond donors (Lipinski definition) is 1. The second kappa shape index (κ2) is 9.44. The molecule has 0 spiro atoms. The molecule has 9 heteroatoms. The first-order valence-electron chi connectivity index (χ1n) is 11.6. The van der Waals surface area contributed by atoms with Crippen molar-refractivity contribution < 1.29 is 14.3 Å². The van der Waals surface area contributed by atoms with Gasteiger partial charge in [0.05, 0.1) is 19.3 Å². The molecular formula is C24H30N6O3. The molecule has 0 unspecified atom stereocenters. The third-order valence-electron chi connectivity index (χ3n) is 6.63. The van der Waals surface area contributed by atoms with Crippen molar-refractivity contribution in [3.8, 4) is 11.4 Å². The number of fused-ring (bicyclic) bond motifs is 1. The number of piperidine rings is 1. The molecule has 0 saturated carbocycles. The van der Waals surface area contributed by atoms with E-state index >= 15 is 0 Å². The van der Waals surface area contributed by atoms with Crippen LogP contribution in [0, 0.1) is 0 Å². The molecule has 2 fully saturated rings. The number of morpholine rings is 1. The summed E-state index contributed by atoms with van der Waals surface area (Å²) < 4.78 is 10.7. The van der Waals surface area contributed by atoms with Crippen LogP contribution in [0.15, 0.2) is 30.6 Å². The SMILES string of the molecule is COCC(=O)N1CCC(c2cc(N3CCOC[C@H]3C)nc(-c3ccnc4[nH]ccc34)n2)CC1. The number of nitrogens with one attached hydrogen (secondary N) is 1. The van der Waals surface area contributed by atoms with Crippen LogP contribution in [0.25, 0.3) is 22.4 Å². The van der Waals surface area contributed by atoms with E-state index in [4.69, 9.17) is 19.4 Å². The van der Waals surface area contributed by atoms with Crippen LogP contribution in [0.5, 0.6) is 0 Å². The lowest BCUT2D eigenvalue weighted by Gasteiger charge is -2.35. The maximum atomic E-state index is 12.2. The fourth-order valence-electron chi connectivity index (χ4n) is 4.79. The molecule has 2 saturated heterocycles. The molecule has 1 amide bonds. The van der Waals surface area contributed by atoms with Gasteiger partial charge in [0.2, 0.25) is 5.91 Å². The Labute approximate surface area is 193 Å². The molecule has 174 valence electrons. The van der Waals surface area contributed by atoms with Gasteiger partial charge in [-0.15, -0.1) is 0 Å².